The standard InChI is InChI=1S/C29H22NS2/c1-30-16-14-20(15-17-30)27-12-13-29(32-27)28-11-10-23(31-28)19-26-24-8-4-2-6-21(24)18-22-7-3-5-9-25(22)26/h2-18H,19H2,1H3/q+1. The largest absolute Gasteiger partial charge is 0.208 e. The van der Waals surface area contributed by atoms with E-state index in [-0.39, 0.29) is 0 Å². The van der Waals surface area contributed by atoms with Gasteiger partial charge in [-0.15, -0.1) is 22.7 Å². The molecule has 0 unspecified atom stereocenters. The van der Waals surface area contributed by atoms with Crippen LogP contribution in [0.1, 0.15) is 10.4 Å². The number of hydrogen-bond donors (Lipinski definition) is 0. The number of aromatic nitrogens is 1. The van der Waals surface area contributed by atoms with E-state index < -0.39 is 0 Å². The van der Waals surface area contributed by atoms with Crippen molar-refractivity contribution in [2.75, 3.05) is 0 Å². The first-order valence-electron chi connectivity index (χ1n) is 10.8. The van der Waals surface area contributed by atoms with Crippen LogP contribution in [0.4, 0.5) is 0 Å². The maximum Gasteiger partial charge on any atom is 0.169 e. The Balaban J connectivity index is 1.36. The van der Waals surface area contributed by atoms with E-state index in [1.54, 1.807) is 0 Å². The van der Waals surface area contributed by atoms with Crippen molar-refractivity contribution in [2.24, 2.45) is 7.05 Å². The summed E-state index contributed by atoms with van der Waals surface area (Å²) in [7, 11) is 2.05. The molecular formula is C29H22NS2+. The molecule has 0 fully saturated rings. The highest BCUT2D eigenvalue weighted by Crippen LogP contribution is 2.39. The van der Waals surface area contributed by atoms with Gasteiger partial charge in [0.05, 0.1) is 0 Å². The van der Waals surface area contributed by atoms with Gasteiger partial charge in [0.2, 0.25) is 0 Å². The third kappa shape index (κ3) is 3.54. The monoisotopic (exact) mass is 448 g/mol. The summed E-state index contributed by atoms with van der Waals surface area (Å²) < 4.78 is 2.07. The Bertz CT molecular complexity index is 1500. The zero-order valence-electron chi connectivity index (χ0n) is 17.8. The number of pyridine rings is 1. The molecule has 0 saturated heterocycles. The topological polar surface area (TPSA) is 3.88 Å². The molecule has 0 amide bonds. The Morgan fingerprint density at radius 3 is 1.94 bits per heavy atom. The van der Waals surface area contributed by atoms with E-state index in [0.29, 0.717) is 0 Å². The lowest BCUT2D eigenvalue weighted by Gasteiger charge is -2.11. The summed E-state index contributed by atoms with van der Waals surface area (Å²) in [6, 6.07) is 33.3. The fourth-order valence-electron chi connectivity index (χ4n) is 4.37. The second-order valence-electron chi connectivity index (χ2n) is 8.16. The molecule has 3 aromatic carbocycles. The molecule has 0 saturated carbocycles. The fraction of sp³-hybridized carbons (Fsp3) is 0.0690. The lowest BCUT2D eigenvalue weighted by atomic mass is 9.94. The Hall–Kier alpha value is -3.27. The van der Waals surface area contributed by atoms with Gasteiger partial charge in [-0.3, -0.25) is 0 Å². The summed E-state index contributed by atoms with van der Waals surface area (Å²) in [5.41, 5.74) is 2.70. The molecule has 0 aliphatic heterocycles. The minimum absolute atomic E-state index is 0.958. The van der Waals surface area contributed by atoms with E-state index in [1.807, 2.05) is 22.7 Å². The summed E-state index contributed by atoms with van der Waals surface area (Å²) in [5.74, 6) is 0. The van der Waals surface area contributed by atoms with E-state index in [4.69, 9.17) is 0 Å². The van der Waals surface area contributed by atoms with Crippen molar-refractivity contribution in [3.63, 3.8) is 0 Å². The summed E-state index contributed by atoms with van der Waals surface area (Å²) in [4.78, 5) is 5.41. The Morgan fingerprint density at radius 1 is 0.625 bits per heavy atom. The first-order chi connectivity index (χ1) is 15.7. The molecule has 1 nitrogen and oxygen atoms in total. The van der Waals surface area contributed by atoms with Crippen molar-refractivity contribution >= 4 is 44.2 Å². The lowest BCUT2D eigenvalue weighted by molar-refractivity contribution is -0.671. The Labute approximate surface area is 195 Å². The molecule has 0 radical (unpaired) electrons. The molecule has 0 spiro atoms. The van der Waals surface area contributed by atoms with Crippen LogP contribution in [0.5, 0.6) is 0 Å². The molecule has 3 heteroatoms. The highest BCUT2D eigenvalue weighted by atomic mass is 32.1. The van der Waals surface area contributed by atoms with Crippen LogP contribution in [0.25, 0.3) is 41.7 Å². The number of aryl methyl sites for hydroxylation is 1. The average Bonchev–Trinajstić information content (AvgIpc) is 3.49. The van der Waals surface area contributed by atoms with Crippen LogP contribution in [0.15, 0.2) is 103 Å². The molecule has 6 aromatic rings. The van der Waals surface area contributed by atoms with Crippen LogP contribution < -0.4 is 4.57 Å². The van der Waals surface area contributed by atoms with Gasteiger partial charge in [-0.1, -0.05) is 48.5 Å². The van der Waals surface area contributed by atoms with Gasteiger partial charge in [0.1, 0.15) is 7.05 Å². The highest BCUT2D eigenvalue weighted by Gasteiger charge is 2.12. The molecule has 0 atom stereocenters. The third-order valence-electron chi connectivity index (χ3n) is 6.01. The molecule has 0 N–H and O–H groups in total. The van der Waals surface area contributed by atoms with Crippen LogP contribution in [0.3, 0.4) is 0 Å². The predicted molar refractivity (Wildman–Crippen MR) is 139 cm³/mol. The zero-order valence-corrected chi connectivity index (χ0v) is 19.4. The maximum absolute atomic E-state index is 2.31. The van der Waals surface area contributed by atoms with Crippen LogP contribution >= 0.6 is 22.7 Å². The summed E-state index contributed by atoms with van der Waals surface area (Å²) in [5, 5.41) is 5.35. The molecule has 0 aliphatic rings. The average molecular weight is 449 g/mol. The van der Waals surface area contributed by atoms with Crippen molar-refractivity contribution in [2.45, 2.75) is 6.42 Å². The molecular weight excluding hydrogens is 426 g/mol. The zero-order chi connectivity index (χ0) is 21.5. The lowest BCUT2D eigenvalue weighted by Crippen LogP contribution is -2.25. The predicted octanol–water partition coefficient (Wildman–Crippen LogP) is 7.87. The summed E-state index contributed by atoms with van der Waals surface area (Å²) in [6.07, 6.45) is 5.17. The molecule has 3 aromatic heterocycles. The second-order valence-corrected chi connectivity index (χ2v) is 10.4. The van der Waals surface area contributed by atoms with Crippen molar-refractivity contribution in [3.05, 3.63) is 114 Å². The number of rotatable bonds is 4. The number of thiophene rings is 2. The van der Waals surface area contributed by atoms with E-state index >= 15 is 0 Å². The molecule has 0 aliphatic carbocycles. The number of hydrogen-bond acceptors (Lipinski definition) is 2. The molecule has 0 bridgehead atoms. The molecule has 154 valence electrons. The fourth-order valence-corrected chi connectivity index (χ4v) is 6.49. The molecule has 3 heterocycles. The van der Waals surface area contributed by atoms with Crippen LogP contribution in [0.2, 0.25) is 0 Å². The minimum Gasteiger partial charge on any atom is -0.208 e. The maximum atomic E-state index is 2.31. The van der Waals surface area contributed by atoms with Gasteiger partial charge in [0, 0.05) is 43.6 Å². The quantitative estimate of drug-likeness (QED) is 0.191. The molecule has 6 rings (SSSR count). The van der Waals surface area contributed by atoms with E-state index in [0.717, 1.165) is 6.42 Å². The Morgan fingerprint density at radius 2 is 1.22 bits per heavy atom. The van der Waals surface area contributed by atoms with Crippen molar-refractivity contribution in [1.29, 1.82) is 0 Å². The van der Waals surface area contributed by atoms with Crippen LogP contribution in [0, 0.1) is 0 Å². The summed E-state index contributed by atoms with van der Waals surface area (Å²) in [6.45, 7) is 0. The number of fused-ring (bicyclic) bond motifs is 2. The van der Waals surface area contributed by atoms with Gasteiger partial charge >= 0.3 is 0 Å². The van der Waals surface area contributed by atoms with Crippen molar-refractivity contribution in [1.82, 2.24) is 0 Å². The normalized spacial score (nSPS) is 11.4. The van der Waals surface area contributed by atoms with Gasteiger partial charge in [0.25, 0.3) is 0 Å². The minimum atomic E-state index is 0.958. The second kappa shape index (κ2) is 8.01. The van der Waals surface area contributed by atoms with Crippen LogP contribution in [-0.4, -0.2) is 0 Å². The Kier molecular flexibility index (Phi) is 4.86. The smallest absolute Gasteiger partial charge is 0.169 e. The van der Waals surface area contributed by atoms with Gasteiger partial charge in [-0.25, -0.2) is 4.57 Å². The van der Waals surface area contributed by atoms with Crippen molar-refractivity contribution in [3.8, 4) is 20.2 Å². The van der Waals surface area contributed by atoms with Gasteiger partial charge in [-0.2, -0.15) is 0 Å². The first kappa shape index (κ1) is 19.4. The van der Waals surface area contributed by atoms with Crippen LogP contribution in [-0.2, 0) is 13.5 Å². The van der Waals surface area contributed by atoms with Gasteiger partial charge in [-0.05, 0) is 57.4 Å². The van der Waals surface area contributed by atoms with Crippen molar-refractivity contribution < 1.29 is 4.57 Å². The highest BCUT2D eigenvalue weighted by molar-refractivity contribution is 7.23. The number of benzene rings is 3. The third-order valence-corrected chi connectivity index (χ3v) is 8.42. The SMILES string of the molecule is C[n+]1ccc(-c2ccc(-c3ccc(Cc4c5ccccc5cc5ccccc45)s3)s2)cc1. The van der Waals surface area contributed by atoms with E-state index in [9.17, 15) is 0 Å². The van der Waals surface area contributed by atoms with E-state index in [1.165, 1.54) is 52.2 Å². The van der Waals surface area contributed by atoms with Gasteiger partial charge in [0.15, 0.2) is 12.4 Å². The summed E-state index contributed by atoms with van der Waals surface area (Å²) >= 11 is 3.79. The first-order valence-corrected chi connectivity index (χ1v) is 12.4. The molecule has 32 heavy (non-hydrogen) atoms. The number of nitrogens with zero attached hydrogens (tertiary/aromatic N) is 1. The van der Waals surface area contributed by atoms with E-state index in [2.05, 4.69) is 115 Å². The van der Waals surface area contributed by atoms with Gasteiger partial charge < -0.3 is 0 Å².